The van der Waals surface area contributed by atoms with E-state index in [0.717, 1.165) is 63.7 Å². The molecule has 2 N–H and O–H groups in total. The molecule has 2 aliphatic heterocycles. The largest absolute Gasteiger partial charge is 0.493 e. The summed E-state index contributed by atoms with van der Waals surface area (Å²) < 4.78 is 10.8. The standard InChI is InChI=1S/C25H33N3O3/c1-19(25(29)28-11-10-21-6-4-5-7-22(21)18-28)27-14-12-26(13-15-27)17-20-8-9-23(30-2)24(16-20)31-3/h4-9,16,19H,10-15,17-18H2,1-3H3/p+2/t19-/m0/s1. The third-order valence-electron chi connectivity index (χ3n) is 6.93. The Bertz CT molecular complexity index is 909. The molecule has 0 aliphatic carbocycles. The summed E-state index contributed by atoms with van der Waals surface area (Å²) in [6.45, 7) is 8.87. The first-order valence-electron chi connectivity index (χ1n) is 11.3. The van der Waals surface area contributed by atoms with E-state index >= 15 is 0 Å². The molecule has 0 unspecified atom stereocenters. The molecule has 2 aromatic carbocycles. The lowest BCUT2D eigenvalue weighted by Gasteiger charge is -2.36. The maximum absolute atomic E-state index is 13.2. The molecule has 1 fully saturated rings. The third kappa shape index (κ3) is 4.86. The van der Waals surface area contributed by atoms with Crippen LogP contribution < -0.4 is 19.3 Å². The van der Waals surface area contributed by atoms with Crippen molar-refractivity contribution in [2.45, 2.75) is 32.5 Å². The van der Waals surface area contributed by atoms with E-state index in [2.05, 4.69) is 48.2 Å². The van der Waals surface area contributed by atoms with Crippen molar-refractivity contribution < 1.29 is 24.1 Å². The van der Waals surface area contributed by atoms with E-state index in [1.54, 1.807) is 19.1 Å². The highest BCUT2D eigenvalue weighted by molar-refractivity contribution is 5.80. The average Bonchev–Trinajstić information content (AvgIpc) is 2.83. The minimum atomic E-state index is 0.0212. The Hall–Kier alpha value is -2.57. The number of nitrogens with zero attached hydrogens (tertiary/aromatic N) is 1. The fourth-order valence-electron chi connectivity index (χ4n) is 4.95. The van der Waals surface area contributed by atoms with Crippen molar-refractivity contribution in [1.82, 2.24) is 4.90 Å². The van der Waals surface area contributed by atoms with Crippen LogP contribution in [0.4, 0.5) is 0 Å². The summed E-state index contributed by atoms with van der Waals surface area (Å²) in [5.74, 6) is 1.85. The first kappa shape index (κ1) is 21.7. The zero-order chi connectivity index (χ0) is 21.8. The molecule has 6 nitrogen and oxygen atoms in total. The fraction of sp³-hybridized carbons (Fsp3) is 0.480. The summed E-state index contributed by atoms with van der Waals surface area (Å²) in [5, 5.41) is 0. The Morgan fingerprint density at radius 1 is 1.00 bits per heavy atom. The number of carbonyl (C=O) groups excluding carboxylic acids is 1. The van der Waals surface area contributed by atoms with Crippen LogP contribution in [-0.2, 0) is 24.3 Å². The lowest BCUT2D eigenvalue weighted by atomic mass is 9.99. The zero-order valence-electron chi connectivity index (χ0n) is 18.9. The Kier molecular flexibility index (Phi) is 6.78. The quantitative estimate of drug-likeness (QED) is 0.683. The highest BCUT2D eigenvalue weighted by Gasteiger charge is 2.34. The molecule has 1 atom stereocenters. The number of benzene rings is 2. The van der Waals surface area contributed by atoms with Gasteiger partial charge in [-0.3, -0.25) is 4.79 Å². The molecule has 31 heavy (non-hydrogen) atoms. The van der Waals surface area contributed by atoms with Crippen LogP contribution in [0.15, 0.2) is 42.5 Å². The van der Waals surface area contributed by atoms with Crippen LogP contribution in [0.5, 0.6) is 11.5 Å². The number of piperazine rings is 1. The topological polar surface area (TPSA) is 47.7 Å². The molecule has 1 saturated heterocycles. The summed E-state index contributed by atoms with van der Waals surface area (Å²) in [6.07, 6.45) is 0.965. The molecule has 0 spiro atoms. The van der Waals surface area contributed by atoms with Crippen molar-refractivity contribution in [2.24, 2.45) is 0 Å². The van der Waals surface area contributed by atoms with Gasteiger partial charge in [-0.15, -0.1) is 0 Å². The fourth-order valence-corrected chi connectivity index (χ4v) is 4.95. The Labute approximate surface area is 185 Å². The maximum atomic E-state index is 13.2. The van der Waals surface area contributed by atoms with Crippen molar-refractivity contribution in [3.8, 4) is 11.5 Å². The van der Waals surface area contributed by atoms with Crippen LogP contribution in [0.25, 0.3) is 0 Å². The van der Waals surface area contributed by atoms with Gasteiger partial charge in [0.15, 0.2) is 17.5 Å². The number of rotatable bonds is 6. The summed E-state index contributed by atoms with van der Waals surface area (Å²) in [6, 6.07) is 14.7. The number of methoxy groups -OCH3 is 2. The van der Waals surface area contributed by atoms with Crippen LogP contribution in [0.2, 0.25) is 0 Å². The van der Waals surface area contributed by atoms with Gasteiger partial charge in [0.05, 0.1) is 14.2 Å². The second-order valence-corrected chi connectivity index (χ2v) is 8.77. The molecule has 166 valence electrons. The number of amides is 1. The Balaban J connectivity index is 1.30. The number of fused-ring (bicyclic) bond motifs is 1. The first-order valence-corrected chi connectivity index (χ1v) is 11.3. The maximum Gasteiger partial charge on any atom is 0.280 e. The zero-order valence-corrected chi connectivity index (χ0v) is 18.9. The number of carbonyl (C=O) groups is 1. The molecule has 1 amide bonds. The molecule has 2 heterocycles. The molecule has 0 radical (unpaired) electrons. The lowest BCUT2D eigenvalue weighted by molar-refractivity contribution is -1.02. The number of quaternary nitrogens is 2. The van der Waals surface area contributed by atoms with Crippen molar-refractivity contribution in [1.29, 1.82) is 0 Å². The summed E-state index contributed by atoms with van der Waals surface area (Å²) in [5.41, 5.74) is 3.94. The molecule has 0 bridgehead atoms. The molecular formula is C25H35N3O3+2. The molecule has 6 heteroatoms. The molecular weight excluding hydrogens is 390 g/mol. The third-order valence-corrected chi connectivity index (χ3v) is 6.93. The van der Waals surface area contributed by atoms with Gasteiger partial charge >= 0.3 is 0 Å². The summed E-state index contributed by atoms with van der Waals surface area (Å²) >= 11 is 0. The van der Waals surface area contributed by atoms with Crippen LogP contribution in [0, 0.1) is 0 Å². The van der Waals surface area contributed by atoms with Gasteiger partial charge in [0.1, 0.15) is 32.7 Å². The number of hydrogen-bond acceptors (Lipinski definition) is 3. The second kappa shape index (κ2) is 9.71. The van der Waals surface area contributed by atoms with Gasteiger partial charge in [-0.1, -0.05) is 24.3 Å². The number of ether oxygens (including phenoxy) is 2. The van der Waals surface area contributed by atoms with Crippen LogP contribution in [-0.4, -0.2) is 63.8 Å². The van der Waals surface area contributed by atoms with Gasteiger partial charge in [-0.2, -0.15) is 0 Å². The molecule has 0 aromatic heterocycles. The van der Waals surface area contributed by atoms with Crippen molar-refractivity contribution >= 4 is 5.91 Å². The van der Waals surface area contributed by atoms with E-state index in [4.69, 9.17) is 9.47 Å². The minimum absolute atomic E-state index is 0.0212. The van der Waals surface area contributed by atoms with Gasteiger partial charge in [0.25, 0.3) is 5.91 Å². The average molecular weight is 426 g/mol. The highest BCUT2D eigenvalue weighted by Crippen LogP contribution is 2.27. The molecule has 4 rings (SSSR count). The Morgan fingerprint density at radius 3 is 2.42 bits per heavy atom. The van der Waals surface area contributed by atoms with Gasteiger partial charge in [-0.25, -0.2) is 0 Å². The van der Waals surface area contributed by atoms with Gasteiger partial charge < -0.3 is 24.2 Å². The van der Waals surface area contributed by atoms with Gasteiger partial charge in [0, 0.05) is 18.7 Å². The predicted molar refractivity (Wildman–Crippen MR) is 120 cm³/mol. The van der Waals surface area contributed by atoms with E-state index < -0.39 is 0 Å². The van der Waals surface area contributed by atoms with Crippen LogP contribution in [0.1, 0.15) is 23.6 Å². The smallest absolute Gasteiger partial charge is 0.280 e. The monoisotopic (exact) mass is 425 g/mol. The highest BCUT2D eigenvalue weighted by atomic mass is 16.5. The lowest BCUT2D eigenvalue weighted by Crippen LogP contribution is -3.29. The summed E-state index contributed by atoms with van der Waals surface area (Å²) in [4.78, 5) is 18.2. The second-order valence-electron chi connectivity index (χ2n) is 8.77. The van der Waals surface area contributed by atoms with Gasteiger partial charge in [0.2, 0.25) is 0 Å². The van der Waals surface area contributed by atoms with E-state index in [1.165, 1.54) is 21.6 Å². The molecule has 2 aromatic rings. The van der Waals surface area contributed by atoms with E-state index in [1.807, 2.05) is 6.07 Å². The summed E-state index contributed by atoms with van der Waals surface area (Å²) in [7, 11) is 3.34. The SMILES string of the molecule is COc1ccc(C[NH+]2CC[NH+]([C@@H](C)C(=O)N3CCc4ccccc4C3)CC2)cc1OC. The predicted octanol–water partition coefficient (Wildman–Crippen LogP) is -0.0394. The van der Waals surface area contributed by atoms with Crippen LogP contribution >= 0.6 is 0 Å². The first-order chi connectivity index (χ1) is 15.1. The minimum Gasteiger partial charge on any atom is -0.493 e. The normalized spacial score (nSPS) is 21.8. The number of hydrogen-bond donors (Lipinski definition) is 2. The van der Waals surface area contributed by atoms with E-state index in [9.17, 15) is 4.79 Å². The molecule has 2 aliphatic rings. The van der Waals surface area contributed by atoms with Gasteiger partial charge in [-0.05, 0) is 42.7 Å². The van der Waals surface area contributed by atoms with Crippen LogP contribution in [0.3, 0.4) is 0 Å². The van der Waals surface area contributed by atoms with E-state index in [-0.39, 0.29) is 6.04 Å². The van der Waals surface area contributed by atoms with E-state index in [0.29, 0.717) is 5.91 Å². The Morgan fingerprint density at radius 2 is 1.71 bits per heavy atom. The van der Waals surface area contributed by atoms with Crippen molar-refractivity contribution in [2.75, 3.05) is 46.9 Å². The van der Waals surface area contributed by atoms with Crippen molar-refractivity contribution in [3.63, 3.8) is 0 Å². The van der Waals surface area contributed by atoms with Crippen molar-refractivity contribution in [3.05, 3.63) is 59.2 Å². The number of nitrogens with one attached hydrogen (secondary N) is 2. The molecule has 0 saturated carbocycles.